The van der Waals surface area contributed by atoms with E-state index in [0.29, 0.717) is 24.0 Å². The van der Waals surface area contributed by atoms with Gasteiger partial charge in [-0.3, -0.25) is 4.98 Å². The van der Waals surface area contributed by atoms with E-state index in [1.807, 2.05) is 42.5 Å². The van der Waals surface area contributed by atoms with Crippen molar-refractivity contribution in [2.75, 3.05) is 4.90 Å². The average molecular weight is 448 g/mol. The van der Waals surface area contributed by atoms with Gasteiger partial charge >= 0.3 is 6.18 Å². The number of alkyl halides is 3. The van der Waals surface area contributed by atoms with Crippen molar-refractivity contribution in [2.24, 2.45) is 0 Å². The number of pyridine rings is 1. The Kier molecular flexibility index (Phi) is 5.38. The van der Waals surface area contributed by atoms with Gasteiger partial charge in [-0.2, -0.15) is 13.2 Å². The summed E-state index contributed by atoms with van der Waals surface area (Å²) in [6.07, 6.45) is 1.89. The molecule has 0 spiro atoms. The lowest BCUT2D eigenvalue weighted by Crippen LogP contribution is -2.21. The first-order valence-electron chi connectivity index (χ1n) is 10.3. The van der Waals surface area contributed by atoms with E-state index in [2.05, 4.69) is 9.88 Å². The summed E-state index contributed by atoms with van der Waals surface area (Å²) in [7, 11) is 0. The number of para-hydroxylation sites is 1. The minimum Gasteiger partial charge on any atom is -0.472 e. The van der Waals surface area contributed by atoms with E-state index in [1.54, 1.807) is 30.9 Å². The zero-order valence-electron chi connectivity index (χ0n) is 17.4. The number of aromatic nitrogens is 1. The van der Waals surface area contributed by atoms with Crippen LogP contribution in [0.2, 0.25) is 0 Å². The van der Waals surface area contributed by atoms with E-state index in [-0.39, 0.29) is 5.52 Å². The highest BCUT2D eigenvalue weighted by molar-refractivity contribution is 5.96. The van der Waals surface area contributed by atoms with Crippen LogP contribution in [0.25, 0.3) is 22.0 Å². The van der Waals surface area contributed by atoms with E-state index >= 15 is 0 Å². The Morgan fingerprint density at radius 3 is 2.52 bits per heavy atom. The Morgan fingerprint density at radius 2 is 1.76 bits per heavy atom. The third-order valence-electron chi connectivity index (χ3n) is 5.48. The molecule has 5 rings (SSSR count). The fraction of sp³-hybridized carbons (Fsp3) is 0.115. The second-order valence-electron chi connectivity index (χ2n) is 7.68. The average Bonchev–Trinajstić information content (AvgIpc) is 3.52. The number of anilines is 1. The van der Waals surface area contributed by atoms with Crippen LogP contribution in [-0.4, -0.2) is 4.98 Å². The first kappa shape index (κ1) is 20.9. The van der Waals surface area contributed by atoms with Crippen molar-refractivity contribution in [3.8, 4) is 11.1 Å². The summed E-state index contributed by atoms with van der Waals surface area (Å²) in [5.41, 5.74) is 2.60. The largest absolute Gasteiger partial charge is 0.472 e. The molecule has 5 aromatic rings. The molecule has 33 heavy (non-hydrogen) atoms. The summed E-state index contributed by atoms with van der Waals surface area (Å²) in [6.45, 7) is 1.10. The van der Waals surface area contributed by atoms with Crippen LogP contribution in [0, 0.1) is 0 Å². The SMILES string of the molecule is FC(F)(F)c1cccc2c(-c3cccc(N(Cc4ccoc4)Cc4ccco4)c3)ccnc12. The third-order valence-corrected chi connectivity index (χ3v) is 5.48. The number of halogens is 3. The molecule has 0 bridgehead atoms. The van der Waals surface area contributed by atoms with Crippen molar-refractivity contribution in [3.63, 3.8) is 0 Å². The van der Waals surface area contributed by atoms with Gasteiger partial charge in [0.1, 0.15) is 5.76 Å². The molecule has 0 amide bonds. The van der Waals surface area contributed by atoms with Crippen LogP contribution in [0.1, 0.15) is 16.9 Å². The van der Waals surface area contributed by atoms with Crippen LogP contribution in [0.4, 0.5) is 18.9 Å². The number of hydrogen-bond acceptors (Lipinski definition) is 4. The van der Waals surface area contributed by atoms with Gasteiger partial charge in [0, 0.05) is 29.4 Å². The summed E-state index contributed by atoms with van der Waals surface area (Å²) in [6, 6.07) is 19.3. The Morgan fingerprint density at radius 1 is 0.879 bits per heavy atom. The topological polar surface area (TPSA) is 42.4 Å². The van der Waals surface area contributed by atoms with Gasteiger partial charge in [0.2, 0.25) is 0 Å². The van der Waals surface area contributed by atoms with Crippen LogP contribution in [0.15, 0.2) is 101 Å². The highest BCUT2D eigenvalue weighted by Crippen LogP contribution is 2.37. The Hall–Kier alpha value is -4.00. The van der Waals surface area contributed by atoms with Crippen molar-refractivity contribution in [2.45, 2.75) is 19.3 Å². The number of hydrogen-bond donors (Lipinski definition) is 0. The van der Waals surface area contributed by atoms with Crippen molar-refractivity contribution < 1.29 is 22.0 Å². The third kappa shape index (κ3) is 4.35. The highest BCUT2D eigenvalue weighted by Gasteiger charge is 2.33. The predicted octanol–water partition coefficient (Wildman–Crippen LogP) is 7.31. The summed E-state index contributed by atoms with van der Waals surface area (Å²) < 4.78 is 51.3. The minimum atomic E-state index is -4.47. The first-order valence-corrected chi connectivity index (χ1v) is 10.3. The number of rotatable bonds is 6. The van der Waals surface area contributed by atoms with E-state index in [9.17, 15) is 13.2 Å². The van der Waals surface area contributed by atoms with Crippen molar-refractivity contribution in [1.82, 2.24) is 4.98 Å². The molecule has 0 radical (unpaired) electrons. The van der Waals surface area contributed by atoms with E-state index < -0.39 is 11.7 Å². The van der Waals surface area contributed by atoms with Crippen LogP contribution < -0.4 is 4.90 Å². The Bertz CT molecular complexity index is 1320. The van der Waals surface area contributed by atoms with Crippen LogP contribution in [0.5, 0.6) is 0 Å². The Balaban J connectivity index is 1.57. The summed E-state index contributed by atoms with van der Waals surface area (Å²) in [5.74, 6) is 0.799. The highest BCUT2D eigenvalue weighted by atomic mass is 19.4. The molecule has 0 atom stereocenters. The molecular weight excluding hydrogens is 429 g/mol. The lowest BCUT2D eigenvalue weighted by atomic mass is 9.98. The normalized spacial score (nSPS) is 11.7. The first-order chi connectivity index (χ1) is 16.0. The quantitative estimate of drug-likeness (QED) is 0.273. The zero-order valence-corrected chi connectivity index (χ0v) is 17.4. The molecule has 0 unspecified atom stereocenters. The Labute approximate surface area is 187 Å². The van der Waals surface area contributed by atoms with Gasteiger partial charge in [0.05, 0.1) is 36.4 Å². The smallest absolute Gasteiger partial charge is 0.418 e. The molecule has 0 aliphatic rings. The van der Waals surface area contributed by atoms with Gasteiger partial charge < -0.3 is 13.7 Å². The minimum absolute atomic E-state index is 0.0567. The second kappa shape index (κ2) is 8.50. The maximum Gasteiger partial charge on any atom is 0.418 e. The van der Waals surface area contributed by atoms with Crippen molar-refractivity contribution in [3.05, 3.63) is 109 Å². The molecule has 2 aromatic carbocycles. The van der Waals surface area contributed by atoms with Gasteiger partial charge in [0.15, 0.2) is 0 Å². The lowest BCUT2D eigenvalue weighted by Gasteiger charge is -2.24. The monoisotopic (exact) mass is 448 g/mol. The molecule has 0 aliphatic carbocycles. The molecule has 0 saturated heterocycles. The summed E-state index contributed by atoms with van der Waals surface area (Å²) in [5, 5.41) is 0.455. The van der Waals surface area contributed by atoms with Crippen molar-refractivity contribution in [1.29, 1.82) is 0 Å². The number of fused-ring (bicyclic) bond motifs is 1. The molecule has 0 aliphatic heterocycles. The summed E-state index contributed by atoms with van der Waals surface area (Å²) in [4.78, 5) is 6.16. The van der Waals surface area contributed by atoms with Gasteiger partial charge in [-0.25, -0.2) is 0 Å². The standard InChI is InChI=1S/C26H19F3N2O2/c27-26(28,29)24-8-2-7-23-22(9-11-30-25(23)24)19-4-1-5-20(14-19)31(15-18-10-13-32-17-18)16-21-6-3-12-33-21/h1-14,17H,15-16H2. The molecule has 3 aromatic heterocycles. The van der Waals surface area contributed by atoms with Gasteiger partial charge in [-0.15, -0.1) is 0 Å². The van der Waals surface area contributed by atoms with E-state index in [4.69, 9.17) is 8.83 Å². The maximum atomic E-state index is 13.5. The summed E-state index contributed by atoms with van der Waals surface area (Å²) >= 11 is 0. The van der Waals surface area contributed by atoms with Crippen molar-refractivity contribution >= 4 is 16.6 Å². The zero-order chi connectivity index (χ0) is 22.8. The van der Waals surface area contributed by atoms with Crippen LogP contribution in [0.3, 0.4) is 0 Å². The second-order valence-corrected chi connectivity index (χ2v) is 7.68. The maximum absolute atomic E-state index is 13.5. The molecule has 0 saturated carbocycles. The fourth-order valence-corrected chi connectivity index (χ4v) is 3.96. The van der Waals surface area contributed by atoms with Crippen LogP contribution >= 0.6 is 0 Å². The molecule has 3 heterocycles. The van der Waals surface area contributed by atoms with E-state index in [1.165, 1.54) is 12.3 Å². The van der Waals surface area contributed by atoms with Gasteiger partial charge in [-0.1, -0.05) is 24.3 Å². The molecule has 4 nitrogen and oxygen atoms in total. The number of furan rings is 2. The molecule has 0 fully saturated rings. The fourth-order valence-electron chi connectivity index (χ4n) is 3.96. The molecule has 7 heteroatoms. The molecule has 0 N–H and O–H groups in total. The van der Waals surface area contributed by atoms with E-state index in [0.717, 1.165) is 28.6 Å². The van der Waals surface area contributed by atoms with Gasteiger partial charge in [0.25, 0.3) is 0 Å². The predicted molar refractivity (Wildman–Crippen MR) is 119 cm³/mol. The number of benzene rings is 2. The van der Waals surface area contributed by atoms with Gasteiger partial charge in [-0.05, 0) is 53.6 Å². The molecular formula is C26H19F3N2O2. The lowest BCUT2D eigenvalue weighted by molar-refractivity contribution is -0.136. The van der Waals surface area contributed by atoms with Crippen LogP contribution in [-0.2, 0) is 19.3 Å². The number of nitrogens with zero attached hydrogens (tertiary/aromatic N) is 2. The molecule has 166 valence electrons.